The predicted octanol–water partition coefficient (Wildman–Crippen LogP) is -0.884. The molecule has 1 unspecified atom stereocenters. The Morgan fingerprint density at radius 2 is 2.31 bits per heavy atom. The Labute approximate surface area is 74.0 Å². The standard InChI is InChI=1S/C7H9N5O/c8-5(4-13)6-3-10-7-9-1-2-11-12(6)7/h1-3,5,13H,4,8H2. The van der Waals surface area contributed by atoms with Crippen LogP contribution in [0.2, 0.25) is 0 Å². The second-order valence-corrected chi connectivity index (χ2v) is 2.63. The van der Waals surface area contributed by atoms with Crippen LogP contribution in [0.5, 0.6) is 0 Å². The Kier molecular flexibility index (Phi) is 1.91. The molecule has 0 aliphatic carbocycles. The Balaban J connectivity index is 2.57. The van der Waals surface area contributed by atoms with E-state index in [4.69, 9.17) is 10.8 Å². The third kappa shape index (κ3) is 1.25. The molecule has 2 heterocycles. The maximum Gasteiger partial charge on any atom is 0.250 e. The highest BCUT2D eigenvalue weighted by atomic mass is 16.3. The summed E-state index contributed by atoms with van der Waals surface area (Å²) in [6.45, 7) is -0.135. The van der Waals surface area contributed by atoms with Crippen molar-refractivity contribution in [1.82, 2.24) is 19.6 Å². The van der Waals surface area contributed by atoms with Crippen LogP contribution >= 0.6 is 0 Å². The van der Waals surface area contributed by atoms with Crippen molar-refractivity contribution in [2.24, 2.45) is 5.73 Å². The van der Waals surface area contributed by atoms with Crippen molar-refractivity contribution >= 4 is 5.78 Å². The summed E-state index contributed by atoms with van der Waals surface area (Å²) < 4.78 is 1.51. The molecular formula is C7H9N5O. The predicted molar refractivity (Wildman–Crippen MR) is 44.8 cm³/mol. The minimum absolute atomic E-state index is 0.135. The molecule has 0 saturated heterocycles. The van der Waals surface area contributed by atoms with Crippen molar-refractivity contribution < 1.29 is 5.11 Å². The molecule has 0 aliphatic rings. The topological polar surface area (TPSA) is 89.3 Å². The van der Waals surface area contributed by atoms with Crippen molar-refractivity contribution in [1.29, 1.82) is 0 Å². The monoisotopic (exact) mass is 179 g/mol. The van der Waals surface area contributed by atoms with Crippen LogP contribution in [-0.4, -0.2) is 31.3 Å². The van der Waals surface area contributed by atoms with Crippen LogP contribution in [0.15, 0.2) is 18.6 Å². The van der Waals surface area contributed by atoms with Gasteiger partial charge in [-0.2, -0.15) is 9.61 Å². The minimum atomic E-state index is -0.466. The quantitative estimate of drug-likeness (QED) is 0.624. The van der Waals surface area contributed by atoms with Gasteiger partial charge in [-0.15, -0.1) is 0 Å². The number of nitrogens with two attached hydrogens (primary N) is 1. The normalized spacial score (nSPS) is 13.4. The molecule has 6 heteroatoms. The molecule has 6 nitrogen and oxygen atoms in total. The molecule has 2 aromatic rings. The highest BCUT2D eigenvalue weighted by Crippen LogP contribution is 2.08. The lowest BCUT2D eigenvalue weighted by molar-refractivity contribution is 0.264. The summed E-state index contributed by atoms with van der Waals surface area (Å²) >= 11 is 0. The Bertz CT molecular complexity index is 412. The zero-order valence-corrected chi connectivity index (χ0v) is 6.83. The van der Waals surface area contributed by atoms with Crippen LogP contribution in [0.4, 0.5) is 0 Å². The molecule has 0 spiro atoms. The molecule has 0 amide bonds. The molecule has 0 aromatic carbocycles. The van der Waals surface area contributed by atoms with Crippen molar-refractivity contribution in [3.63, 3.8) is 0 Å². The highest BCUT2D eigenvalue weighted by molar-refractivity contribution is 5.28. The van der Waals surface area contributed by atoms with E-state index < -0.39 is 6.04 Å². The summed E-state index contributed by atoms with van der Waals surface area (Å²) in [7, 11) is 0. The van der Waals surface area contributed by atoms with Crippen molar-refractivity contribution in [2.75, 3.05) is 6.61 Å². The first-order valence-corrected chi connectivity index (χ1v) is 3.84. The molecule has 0 fully saturated rings. The van der Waals surface area contributed by atoms with Crippen LogP contribution in [-0.2, 0) is 0 Å². The average molecular weight is 179 g/mol. The second kappa shape index (κ2) is 3.08. The summed E-state index contributed by atoms with van der Waals surface area (Å²) in [5.74, 6) is 0.487. The first kappa shape index (κ1) is 8.09. The van der Waals surface area contributed by atoms with E-state index in [-0.39, 0.29) is 6.61 Å². The van der Waals surface area contributed by atoms with Crippen molar-refractivity contribution in [2.45, 2.75) is 6.04 Å². The number of aliphatic hydroxyl groups excluding tert-OH is 1. The summed E-state index contributed by atoms with van der Waals surface area (Å²) in [6, 6.07) is -0.466. The first-order valence-electron chi connectivity index (χ1n) is 3.84. The van der Waals surface area contributed by atoms with Gasteiger partial charge in [0.2, 0.25) is 0 Å². The average Bonchev–Trinajstić information content (AvgIpc) is 2.60. The number of imidazole rings is 1. The SMILES string of the molecule is NC(CO)c1cnc2nccnn12. The van der Waals surface area contributed by atoms with E-state index in [1.54, 1.807) is 18.6 Å². The smallest absolute Gasteiger partial charge is 0.250 e. The molecule has 68 valence electrons. The van der Waals surface area contributed by atoms with Gasteiger partial charge in [-0.1, -0.05) is 0 Å². The van der Waals surface area contributed by atoms with Crippen LogP contribution in [0.1, 0.15) is 11.7 Å². The van der Waals surface area contributed by atoms with Crippen molar-refractivity contribution in [3.8, 4) is 0 Å². The first-order chi connectivity index (χ1) is 6.33. The van der Waals surface area contributed by atoms with Crippen LogP contribution < -0.4 is 5.73 Å². The molecule has 0 radical (unpaired) electrons. The number of aromatic nitrogens is 4. The number of hydrogen-bond donors (Lipinski definition) is 2. The lowest BCUT2D eigenvalue weighted by Crippen LogP contribution is -2.17. The van der Waals surface area contributed by atoms with E-state index >= 15 is 0 Å². The summed E-state index contributed by atoms with van der Waals surface area (Å²) in [4.78, 5) is 7.96. The van der Waals surface area contributed by atoms with Crippen LogP contribution in [0.25, 0.3) is 5.78 Å². The zero-order chi connectivity index (χ0) is 9.26. The summed E-state index contributed by atoms with van der Waals surface area (Å²) in [5, 5.41) is 12.9. The Morgan fingerprint density at radius 1 is 1.46 bits per heavy atom. The second-order valence-electron chi connectivity index (χ2n) is 2.63. The van der Waals surface area contributed by atoms with Gasteiger partial charge in [0.25, 0.3) is 5.78 Å². The lowest BCUT2D eigenvalue weighted by Gasteiger charge is -2.05. The largest absolute Gasteiger partial charge is 0.394 e. The number of hydrogen-bond acceptors (Lipinski definition) is 5. The maximum atomic E-state index is 8.85. The molecule has 2 rings (SSSR count). The van der Waals surface area contributed by atoms with Gasteiger partial charge in [-0.25, -0.2) is 9.97 Å². The van der Waals surface area contributed by atoms with E-state index in [9.17, 15) is 0 Å². The third-order valence-electron chi connectivity index (χ3n) is 1.76. The third-order valence-corrected chi connectivity index (χ3v) is 1.76. The molecular weight excluding hydrogens is 170 g/mol. The Hall–Kier alpha value is -1.53. The minimum Gasteiger partial charge on any atom is -0.394 e. The van der Waals surface area contributed by atoms with Gasteiger partial charge in [0, 0.05) is 0 Å². The maximum absolute atomic E-state index is 8.85. The van der Waals surface area contributed by atoms with E-state index in [0.717, 1.165) is 0 Å². The van der Waals surface area contributed by atoms with Gasteiger partial charge >= 0.3 is 0 Å². The van der Waals surface area contributed by atoms with Gasteiger partial charge in [0.1, 0.15) is 0 Å². The van der Waals surface area contributed by atoms with E-state index in [1.807, 2.05) is 0 Å². The fraction of sp³-hybridized carbons (Fsp3) is 0.286. The van der Waals surface area contributed by atoms with E-state index in [2.05, 4.69) is 15.1 Å². The molecule has 0 saturated carbocycles. The van der Waals surface area contributed by atoms with E-state index in [0.29, 0.717) is 11.5 Å². The fourth-order valence-electron chi connectivity index (χ4n) is 1.10. The molecule has 3 N–H and O–H groups in total. The number of rotatable bonds is 2. The lowest BCUT2D eigenvalue weighted by atomic mass is 10.2. The van der Waals surface area contributed by atoms with Crippen LogP contribution in [0, 0.1) is 0 Å². The zero-order valence-electron chi connectivity index (χ0n) is 6.83. The van der Waals surface area contributed by atoms with Crippen molar-refractivity contribution in [3.05, 3.63) is 24.3 Å². The van der Waals surface area contributed by atoms with Crippen LogP contribution in [0.3, 0.4) is 0 Å². The number of nitrogens with zero attached hydrogens (tertiary/aromatic N) is 4. The van der Waals surface area contributed by atoms with Gasteiger partial charge in [0.15, 0.2) is 0 Å². The van der Waals surface area contributed by atoms with Gasteiger partial charge in [-0.3, -0.25) is 0 Å². The Morgan fingerprint density at radius 3 is 3.08 bits per heavy atom. The van der Waals surface area contributed by atoms with Gasteiger partial charge in [-0.05, 0) is 0 Å². The fourth-order valence-corrected chi connectivity index (χ4v) is 1.10. The number of aliphatic hydroxyl groups is 1. The number of fused-ring (bicyclic) bond motifs is 1. The van der Waals surface area contributed by atoms with Gasteiger partial charge < -0.3 is 10.8 Å². The molecule has 0 aliphatic heterocycles. The van der Waals surface area contributed by atoms with E-state index in [1.165, 1.54) is 4.52 Å². The molecule has 1 atom stereocenters. The summed E-state index contributed by atoms with van der Waals surface area (Å²) in [6.07, 6.45) is 4.66. The molecule has 13 heavy (non-hydrogen) atoms. The summed E-state index contributed by atoms with van der Waals surface area (Å²) in [5.41, 5.74) is 6.28. The highest BCUT2D eigenvalue weighted by Gasteiger charge is 2.11. The van der Waals surface area contributed by atoms with Gasteiger partial charge in [0.05, 0.1) is 36.9 Å². The molecule has 0 bridgehead atoms. The molecule has 2 aromatic heterocycles.